The number of methoxy groups -OCH3 is 1. The third kappa shape index (κ3) is 2.76. The predicted molar refractivity (Wildman–Crippen MR) is 65.9 cm³/mol. The number of hydrogen-bond donors (Lipinski definition) is 0. The van der Waals surface area contributed by atoms with Gasteiger partial charge in [-0.3, -0.25) is 4.79 Å². The molecule has 0 unspecified atom stereocenters. The molecule has 0 radical (unpaired) electrons. The zero-order valence-electron chi connectivity index (χ0n) is 10.7. The minimum Gasteiger partial charge on any atom is -0.550 e. The highest BCUT2D eigenvalue weighted by atomic mass is 16.5. The van der Waals surface area contributed by atoms with E-state index in [1.165, 1.54) is 0 Å². The van der Waals surface area contributed by atoms with Crippen LogP contribution in [-0.4, -0.2) is 37.0 Å². The molecule has 0 N–H and O–H groups in total. The number of amides is 1. The lowest BCUT2D eigenvalue weighted by molar-refractivity contribution is -0.312. The number of nitrogens with zero attached hydrogens (tertiary/aromatic N) is 1. The van der Waals surface area contributed by atoms with Gasteiger partial charge in [0.2, 0.25) is 5.91 Å². The summed E-state index contributed by atoms with van der Waals surface area (Å²) in [5, 5.41) is 11.2. The standard InChI is InChI=1S/C14H17NO4/c1-19-8-7-15-12(16)9-11(14(17)18)13(15)10-5-3-2-4-6-10/h2-6,11,13H,7-9H2,1H3,(H,17,18)/p-1/t11-,13-/m1/s1. The average molecular weight is 262 g/mol. The van der Waals surface area contributed by atoms with Gasteiger partial charge in [-0.1, -0.05) is 30.3 Å². The molecule has 5 heteroatoms. The summed E-state index contributed by atoms with van der Waals surface area (Å²) in [6, 6.07) is 8.72. The van der Waals surface area contributed by atoms with Crippen molar-refractivity contribution >= 4 is 11.9 Å². The fourth-order valence-electron chi connectivity index (χ4n) is 2.52. The molecular weight excluding hydrogens is 246 g/mol. The van der Waals surface area contributed by atoms with Gasteiger partial charge in [0, 0.05) is 32.0 Å². The minimum atomic E-state index is -1.18. The number of rotatable bonds is 5. The zero-order chi connectivity index (χ0) is 13.8. The molecule has 102 valence electrons. The zero-order valence-corrected chi connectivity index (χ0v) is 10.7. The van der Waals surface area contributed by atoms with Gasteiger partial charge in [0.1, 0.15) is 0 Å². The lowest BCUT2D eigenvalue weighted by atomic mass is 9.94. The van der Waals surface area contributed by atoms with Crippen LogP contribution in [0.2, 0.25) is 0 Å². The van der Waals surface area contributed by atoms with Crippen molar-refractivity contribution < 1.29 is 19.4 Å². The summed E-state index contributed by atoms with van der Waals surface area (Å²) in [7, 11) is 1.55. The molecule has 1 fully saturated rings. The average Bonchev–Trinajstić information content (AvgIpc) is 2.74. The lowest BCUT2D eigenvalue weighted by Gasteiger charge is -2.29. The molecule has 1 heterocycles. The highest BCUT2D eigenvalue weighted by Gasteiger charge is 2.40. The van der Waals surface area contributed by atoms with E-state index in [4.69, 9.17) is 4.74 Å². The first-order valence-corrected chi connectivity index (χ1v) is 6.19. The molecule has 1 amide bonds. The normalized spacial score (nSPS) is 22.8. The Bertz CT molecular complexity index is 460. The molecule has 0 aliphatic carbocycles. The molecule has 1 aliphatic heterocycles. The molecule has 0 aromatic heterocycles. The highest BCUT2D eigenvalue weighted by molar-refractivity contribution is 5.86. The Morgan fingerprint density at radius 2 is 2.11 bits per heavy atom. The maximum Gasteiger partial charge on any atom is 0.223 e. The van der Waals surface area contributed by atoms with Gasteiger partial charge >= 0.3 is 0 Å². The van der Waals surface area contributed by atoms with E-state index in [0.717, 1.165) is 5.56 Å². The molecule has 1 aromatic carbocycles. The number of carbonyl (C=O) groups excluding carboxylic acids is 2. The molecular formula is C14H16NO4-. The van der Waals surface area contributed by atoms with Crippen molar-refractivity contribution in [1.29, 1.82) is 0 Å². The van der Waals surface area contributed by atoms with Crippen LogP contribution < -0.4 is 5.11 Å². The summed E-state index contributed by atoms with van der Waals surface area (Å²) >= 11 is 0. The van der Waals surface area contributed by atoms with Crippen LogP contribution >= 0.6 is 0 Å². The van der Waals surface area contributed by atoms with Gasteiger partial charge in [-0.25, -0.2) is 0 Å². The van der Waals surface area contributed by atoms with Gasteiger partial charge in [0.05, 0.1) is 12.6 Å². The summed E-state index contributed by atoms with van der Waals surface area (Å²) in [6.07, 6.45) is -0.00832. The van der Waals surface area contributed by atoms with Crippen LogP contribution in [0.25, 0.3) is 0 Å². The fourth-order valence-corrected chi connectivity index (χ4v) is 2.52. The Kier molecular flexibility index (Phi) is 4.16. The maximum absolute atomic E-state index is 12.0. The van der Waals surface area contributed by atoms with Gasteiger partial charge in [-0.05, 0) is 5.56 Å². The molecule has 0 saturated carbocycles. The molecule has 0 bridgehead atoms. The minimum absolute atomic E-state index is 0.00832. The van der Waals surface area contributed by atoms with E-state index in [1.54, 1.807) is 12.0 Å². The van der Waals surface area contributed by atoms with Crippen molar-refractivity contribution in [2.45, 2.75) is 12.5 Å². The van der Waals surface area contributed by atoms with Crippen LogP contribution in [0.5, 0.6) is 0 Å². The Morgan fingerprint density at radius 3 is 2.68 bits per heavy atom. The quantitative estimate of drug-likeness (QED) is 0.747. The number of likely N-dealkylation sites (tertiary alicyclic amines) is 1. The Hall–Kier alpha value is -1.88. The Morgan fingerprint density at radius 1 is 1.42 bits per heavy atom. The molecule has 2 atom stereocenters. The van der Waals surface area contributed by atoms with Gasteiger partial charge in [-0.15, -0.1) is 0 Å². The van der Waals surface area contributed by atoms with E-state index in [2.05, 4.69) is 0 Å². The lowest BCUT2D eigenvalue weighted by Crippen LogP contribution is -2.37. The first-order valence-electron chi connectivity index (χ1n) is 6.19. The monoisotopic (exact) mass is 262 g/mol. The second-order valence-corrected chi connectivity index (χ2v) is 4.57. The van der Waals surface area contributed by atoms with Crippen LogP contribution in [0, 0.1) is 5.92 Å². The number of hydrogen-bond acceptors (Lipinski definition) is 4. The number of carbonyl (C=O) groups is 2. The van der Waals surface area contributed by atoms with Gasteiger partial charge in [0.15, 0.2) is 0 Å². The van der Waals surface area contributed by atoms with Gasteiger partial charge in [-0.2, -0.15) is 0 Å². The van der Waals surface area contributed by atoms with Crippen molar-refractivity contribution in [2.24, 2.45) is 5.92 Å². The van der Waals surface area contributed by atoms with Crippen molar-refractivity contribution in [2.75, 3.05) is 20.3 Å². The fraction of sp³-hybridized carbons (Fsp3) is 0.429. The molecule has 0 spiro atoms. The number of ether oxygens (including phenoxy) is 1. The summed E-state index contributed by atoms with van der Waals surface area (Å²) in [6.45, 7) is 0.771. The summed E-state index contributed by atoms with van der Waals surface area (Å²) in [5.74, 6) is -2.14. The van der Waals surface area contributed by atoms with E-state index < -0.39 is 17.9 Å². The Labute approximate surface area is 111 Å². The van der Waals surface area contributed by atoms with Crippen molar-refractivity contribution in [3.63, 3.8) is 0 Å². The Balaban J connectivity index is 2.30. The van der Waals surface area contributed by atoms with Crippen molar-refractivity contribution in [1.82, 2.24) is 4.90 Å². The van der Waals surface area contributed by atoms with Crippen molar-refractivity contribution in [3.05, 3.63) is 35.9 Å². The number of benzene rings is 1. The van der Waals surface area contributed by atoms with Gasteiger partial charge in [0.25, 0.3) is 0 Å². The predicted octanol–water partition coefficient (Wildman–Crippen LogP) is -0.0275. The third-order valence-corrected chi connectivity index (χ3v) is 3.41. The SMILES string of the molecule is COCCN1C(=O)C[C@@H](C(=O)[O-])[C@H]1c1ccccc1. The van der Waals surface area contributed by atoms with E-state index in [-0.39, 0.29) is 12.3 Å². The topological polar surface area (TPSA) is 69.7 Å². The number of carboxylic acids is 1. The van der Waals surface area contributed by atoms with Crippen LogP contribution in [0.3, 0.4) is 0 Å². The largest absolute Gasteiger partial charge is 0.550 e. The summed E-state index contributed by atoms with van der Waals surface area (Å²) < 4.78 is 4.98. The smallest absolute Gasteiger partial charge is 0.223 e. The number of carboxylic acid groups (broad SMARTS) is 1. The van der Waals surface area contributed by atoms with E-state index in [9.17, 15) is 14.7 Å². The van der Waals surface area contributed by atoms with E-state index in [1.807, 2.05) is 30.3 Å². The van der Waals surface area contributed by atoms with Crippen LogP contribution in [0.4, 0.5) is 0 Å². The van der Waals surface area contributed by atoms with E-state index >= 15 is 0 Å². The van der Waals surface area contributed by atoms with Crippen LogP contribution in [0.15, 0.2) is 30.3 Å². The van der Waals surface area contributed by atoms with E-state index in [0.29, 0.717) is 13.2 Å². The molecule has 5 nitrogen and oxygen atoms in total. The second kappa shape index (κ2) is 5.84. The first-order chi connectivity index (χ1) is 9.15. The molecule has 19 heavy (non-hydrogen) atoms. The maximum atomic E-state index is 12.0. The summed E-state index contributed by atoms with van der Waals surface area (Å²) in [5.41, 5.74) is 0.818. The molecule has 2 rings (SSSR count). The molecule has 1 aliphatic rings. The van der Waals surface area contributed by atoms with Crippen LogP contribution in [-0.2, 0) is 14.3 Å². The first kappa shape index (κ1) is 13.5. The number of aliphatic carboxylic acids is 1. The third-order valence-electron chi connectivity index (χ3n) is 3.41. The second-order valence-electron chi connectivity index (χ2n) is 4.57. The summed E-state index contributed by atoms with van der Waals surface area (Å²) in [4.78, 5) is 24.8. The van der Waals surface area contributed by atoms with Crippen LogP contribution in [0.1, 0.15) is 18.0 Å². The molecule has 1 aromatic rings. The van der Waals surface area contributed by atoms with Gasteiger partial charge < -0.3 is 19.5 Å². The molecule has 1 saturated heterocycles. The highest BCUT2D eigenvalue weighted by Crippen LogP contribution is 2.37. The van der Waals surface area contributed by atoms with Crippen molar-refractivity contribution in [3.8, 4) is 0 Å².